The van der Waals surface area contributed by atoms with Crippen LogP contribution in [0.25, 0.3) is 22.4 Å². The highest BCUT2D eigenvalue weighted by atomic mass is 127. The molecule has 0 saturated heterocycles. The molecule has 0 N–H and O–H groups in total. The monoisotopic (exact) mass is 477 g/mol. The van der Waals surface area contributed by atoms with Crippen LogP contribution in [0.1, 0.15) is 29.8 Å². The van der Waals surface area contributed by atoms with Crippen molar-refractivity contribution in [2.75, 3.05) is 25.1 Å². The molecule has 3 rings (SSSR count). The van der Waals surface area contributed by atoms with Crippen molar-refractivity contribution in [3.63, 3.8) is 0 Å². The van der Waals surface area contributed by atoms with Crippen molar-refractivity contribution in [1.29, 1.82) is 0 Å². The third-order valence-corrected chi connectivity index (χ3v) is 6.44. The third kappa shape index (κ3) is 5.15. The van der Waals surface area contributed by atoms with Crippen LogP contribution in [0.4, 0.5) is 5.69 Å². The Hall–Kier alpha value is -1.24. The lowest BCUT2D eigenvalue weighted by atomic mass is 10.1. The molecule has 26 heavy (non-hydrogen) atoms. The second kappa shape index (κ2) is 9.11. The Kier molecular flexibility index (Phi) is 6.84. The zero-order valence-corrected chi connectivity index (χ0v) is 18.5. The molecule has 0 atom stereocenters. The zero-order valence-electron chi connectivity index (χ0n) is 15.5. The van der Waals surface area contributed by atoms with Crippen molar-refractivity contribution in [3.05, 3.63) is 59.1 Å². The number of halogens is 1. The number of quaternary nitrogens is 1. The molecule has 2 aromatic carbocycles. The number of rotatable bonds is 8. The summed E-state index contributed by atoms with van der Waals surface area (Å²) in [5.74, 6) is 0. The molecular weight excluding hydrogens is 451 g/mol. The van der Waals surface area contributed by atoms with Gasteiger partial charge in [-0.15, -0.1) is 11.3 Å². The van der Waals surface area contributed by atoms with Gasteiger partial charge < -0.3 is 0 Å². The second-order valence-corrected chi connectivity index (χ2v) is 9.24. The summed E-state index contributed by atoms with van der Waals surface area (Å²) in [6.45, 7) is 1.19. The Labute approximate surface area is 174 Å². The first kappa shape index (κ1) is 19.5. The fourth-order valence-corrected chi connectivity index (χ4v) is 4.43. The van der Waals surface area contributed by atoms with Crippen LogP contribution in [0.3, 0.4) is 0 Å². The summed E-state index contributed by atoms with van der Waals surface area (Å²) >= 11 is 4.20. The van der Waals surface area contributed by atoms with E-state index < -0.39 is 0 Å². The van der Waals surface area contributed by atoms with E-state index in [0.29, 0.717) is 0 Å². The molecule has 1 heterocycles. The topological polar surface area (TPSA) is 12.9 Å². The van der Waals surface area contributed by atoms with Crippen molar-refractivity contribution in [1.82, 2.24) is 9.47 Å². The third-order valence-electron chi connectivity index (χ3n) is 4.67. The first-order chi connectivity index (χ1) is 12.6. The molecule has 4 heteroatoms. The average molecular weight is 477 g/mol. The Balaban J connectivity index is 1.65. The van der Waals surface area contributed by atoms with Gasteiger partial charge in [-0.3, -0.25) is 4.48 Å². The summed E-state index contributed by atoms with van der Waals surface area (Å²) in [7, 11) is 4.60. The first-order valence-electron chi connectivity index (χ1n) is 9.12. The number of nitrogens with zero attached hydrogens (tertiary/aromatic N) is 2. The van der Waals surface area contributed by atoms with E-state index in [2.05, 4.69) is 96.3 Å². The van der Waals surface area contributed by atoms with Crippen molar-refractivity contribution < 1.29 is 0 Å². The van der Waals surface area contributed by atoms with Crippen LogP contribution in [-0.4, -0.2) is 30.1 Å². The summed E-state index contributed by atoms with van der Waals surface area (Å²) < 4.78 is 3.45. The Morgan fingerprint density at radius 2 is 1.73 bits per heavy atom. The van der Waals surface area contributed by atoms with Crippen molar-refractivity contribution in [2.24, 2.45) is 0 Å². The fraction of sp³-hybridized carbons (Fsp3) is 0.318. The molecular formula is C22H26IN2S+. The first-order valence-corrected chi connectivity index (χ1v) is 11.5. The number of hydrogen-bond donors (Lipinski definition) is 0. The zero-order chi connectivity index (χ0) is 18.4. The SMILES string of the molecule is C[N+](C)(CCCCCI)c1ccc(/C=C/c2nc3ccccc3s2)cc1. The number of benzene rings is 2. The number of alkyl halides is 1. The molecule has 1 aromatic heterocycles. The van der Waals surface area contributed by atoms with Crippen LogP contribution in [0.15, 0.2) is 48.5 Å². The van der Waals surface area contributed by atoms with Gasteiger partial charge in [0.2, 0.25) is 0 Å². The minimum Gasteiger partial charge on any atom is -0.296 e. The van der Waals surface area contributed by atoms with Gasteiger partial charge in [-0.05, 0) is 71.7 Å². The molecule has 3 aromatic rings. The molecule has 0 aliphatic rings. The van der Waals surface area contributed by atoms with Crippen molar-refractivity contribution in [3.8, 4) is 0 Å². The van der Waals surface area contributed by atoms with Gasteiger partial charge in [0.05, 0.1) is 30.9 Å². The van der Waals surface area contributed by atoms with E-state index in [0.717, 1.165) is 15.0 Å². The van der Waals surface area contributed by atoms with Gasteiger partial charge in [0, 0.05) is 0 Å². The van der Waals surface area contributed by atoms with Crippen molar-refractivity contribution in [2.45, 2.75) is 19.3 Å². The van der Waals surface area contributed by atoms with E-state index in [1.54, 1.807) is 11.3 Å². The van der Waals surface area contributed by atoms with Gasteiger partial charge >= 0.3 is 0 Å². The molecule has 0 fully saturated rings. The molecule has 0 spiro atoms. The number of fused-ring (bicyclic) bond motifs is 1. The maximum atomic E-state index is 4.66. The van der Waals surface area contributed by atoms with Gasteiger partial charge in [-0.25, -0.2) is 4.98 Å². The van der Waals surface area contributed by atoms with Gasteiger partial charge in [-0.1, -0.05) is 40.8 Å². The molecule has 136 valence electrons. The lowest BCUT2D eigenvalue weighted by molar-refractivity contribution is 0.385. The maximum absolute atomic E-state index is 4.66. The Morgan fingerprint density at radius 3 is 2.46 bits per heavy atom. The number of thiazole rings is 1. The normalized spacial score (nSPS) is 12.3. The molecule has 0 bridgehead atoms. The predicted molar refractivity (Wildman–Crippen MR) is 126 cm³/mol. The molecule has 0 saturated carbocycles. The van der Waals surface area contributed by atoms with E-state index in [9.17, 15) is 0 Å². The Morgan fingerprint density at radius 1 is 0.962 bits per heavy atom. The molecule has 0 unspecified atom stereocenters. The van der Waals surface area contributed by atoms with Crippen LogP contribution in [0.2, 0.25) is 0 Å². The van der Waals surface area contributed by atoms with Gasteiger partial charge in [-0.2, -0.15) is 0 Å². The van der Waals surface area contributed by atoms with E-state index in [1.165, 1.54) is 46.2 Å². The predicted octanol–water partition coefficient (Wildman–Crippen LogP) is 6.64. The smallest absolute Gasteiger partial charge is 0.132 e. The summed E-state index contributed by atoms with van der Waals surface area (Å²) in [5, 5.41) is 1.06. The van der Waals surface area contributed by atoms with Crippen LogP contribution >= 0.6 is 33.9 Å². The van der Waals surface area contributed by atoms with E-state index >= 15 is 0 Å². The molecule has 0 aliphatic carbocycles. The van der Waals surface area contributed by atoms with Gasteiger partial charge in [0.1, 0.15) is 10.7 Å². The standard InChI is InChI=1S/C22H26IN2S/c1-25(2,17-7-3-6-16-23)19-13-10-18(11-14-19)12-15-22-24-20-8-4-5-9-21(20)26-22/h4-5,8-15H,3,6-7,16-17H2,1-2H3/q+1/b15-12+. The average Bonchev–Trinajstić information content (AvgIpc) is 3.07. The van der Waals surface area contributed by atoms with E-state index in [1.807, 2.05) is 6.07 Å². The van der Waals surface area contributed by atoms with Crippen molar-refractivity contribution >= 4 is 62.0 Å². The van der Waals surface area contributed by atoms with Crippen LogP contribution in [0, 0.1) is 0 Å². The highest BCUT2D eigenvalue weighted by Crippen LogP contribution is 2.24. The number of aromatic nitrogens is 1. The lowest BCUT2D eigenvalue weighted by Crippen LogP contribution is -2.41. The minimum absolute atomic E-state index is 0.948. The quantitative estimate of drug-likeness (QED) is 0.153. The number of unbranched alkanes of at least 4 members (excludes halogenated alkanes) is 2. The molecule has 0 radical (unpaired) electrons. The maximum Gasteiger partial charge on any atom is 0.132 e. The highest BCUT2D eigenvalue weighted by molar-refractivity contribution is 14.1. The summed E-state index contributed by atoms with van der Waals surface area (Å²) in [4.78, 5) is 4.66. The van der Waals surface area contributed by atoms with Gasteiger partial charge in [0.15, 0.2) is 0 Å². The summed E-state index contributed by atoms with van der Waals surface area (Å²) in [5.41, 5.74) is 3.67. The minimum atomic E-state index is 0.948. The van der Waals surface area contributed by atoms with Gasteiger partial charge in [0.25, 0.3) is 0 Å². The van der Waals surface area contributed by atoms with E-state index in [-0.39, 0.29) is 0 Å². The van der Waals surface area contributed by atoms with Crippen LogP contribution < -0.4 is 4.48 Å². The summed E-state index contributed by atoms with van der Waals surface area (Å²) in [6, 6.07) is 17.2. The number of para-hydroxylation sites is 1. The molecule has 0 amide bonds. The highest BCUT2D eigenvalue weighted by Gasteiger charge is 2.17. The Bertz CT molecular complexity index is 832. The summed E-state index contributed by atoms with van der Waals surface area (Å²) in [6.07, 6.45) is 8.21. The molecule has 2 nitrogen and oxygen atoms in total. The second-order valence-electron chi connectivity index (χ2n) is 7.10. The van der Waals surface area contributed by atoms with Crippen LogP contribution in [0.5, 0.6) is 0 Å². The lowest BCUT2D eigenvalue weighted by Gasteiger charge is -2.29. The largest absolute Gasteiger partial charge is 0.296 e. The van der Waals surface area contributed by atoms with Crippen LogP contribution in [-0.2, 0) is 0 Å². The molecule has 0 aliphatic heterocycles. The van der Waals surface area contributed by atoms with E-state index in [4.69, 9.17) is 0 Å². The number of hydrogen-bond acceptors (Lipinski definition) is 2. The fourth-order valence-electron chi connectivity index (χ4n) is 3.03.